The molecule has 1 aliphatic heterocycles. The summed E-state index contributed by atoms with van der Waals surface area (Å²) in [5.74, 6) is 2.74. The summed E-state index contributed by atoms with van der Waals surface area (Å²) < 4.78 is 0. The highest BCUT2D eigenvalue weighted by atomic mass is 15.1. The molecule has 1 rings (SSSR count). The van der Waals surface area contributed by atoms with E-state index in [1.54, 1.807) is 0 Å². The number of unbranched alkanes of at least 4 members (excludes halogenated alkanes) is 7. The summed E-state index contributed by atoms with van der Waals surface area (Å²) in [4.78, 5) is 2.38. The van der Waals surface area contributed by atoms with E-state index in [-0.39, 0.29) is 0 Å². The van der Waals surface area contributed by atoms with Gasteiger partial charge in [0.2, 0.25) is 0 Å². The fraction of sp³-hybridized carbons (Fsp3) is 0.889. The van der Waals surface area contributed by atoms with Gasteiger partial charge >= 0.3 is 0 Å². The molecule has 0 aromatic carbocycles. The molecule has 0 atom stereocenters. The molecule has 0 bridgehead atoms. The van der Waals surface area contributed by atoms with E-state index in [1.807, 2.05) is 0 Å². The second-order valence-corrected chi connectivity index (χ2v) is 6.18. The van der Waals surface area contributed by atoms with Crippen LogP contribution < -0.4 is 5.32 Å². The number of rotatable bonds is 11. The van der Waals surface area contributed by atoms with E-state index in [9.17, 15) is 0 Å². The minimum Gasteiger partial charge on any atom is -0.314 e. The van der Waals surface area contributed by atoms with Crippen molar-refractivity contribution in [2.24, 2.45) is 0 Å². The van der Waals surface area contributed by atoms with E-state index >= 15 is 0 Å². The smallest absolute Gasteiger partial charge is 0.0598 e. The van der Waals surface area contributed by atoms with Crippen molar-refractivity contribution in [2.75, 3.05) is 26.2 Å². The lowest BCUT2D eigenvalue weighted by Crippen LogP contribution is -2.42. The van der Waals surface area contributed by atoms with Crippen molar-refractivity contribution in [1.82, 2.24) is 10.2 Å². The van der Waals surface area contributed by atoms with Crippen LogP contribution in [0.5, 0.6) is 0 Å². The quantitative estimate of drug-likeness (QED) is 0.456. The molecule has 116 valence electrons. The first kappa shape index (κ1) is 17.5. The lowest BCUT2D eigenvalue weighted by atomic mass is 10.0. The Kier molecular flexibility index (Phi) is 10.7. The molecule has 2 nitrogen and oxygen atoms in total. The molecule has 1 aliphatic rings. The summed E-state index contributed by atoms with van der Waals surface area (Å²) in [6.07, 6.45) is 19.1. The maximum atomic E-state index is 5.35. The fourth-order valence-corrected chi connectivity index (χ4v) is 2.99. The molecule has 0 saturated carbocycles. The van der Waals surface area contributed by atoms with Gasteiger partial charge in [0.1, 0.15) is 0 Å². The van der Waals surface area contributed by atoms with Gasteiger partial charge in [-0.15, -0.1) is 6.42 Å². The van der Waals surface area contributed by atoms with E-state index in [4.69, 9.17) is 6.42 Å². The highest BCUT2D eigenvalue weighted by molar-refractivity contribution is 4.90. The third kappa shape index (κ3) is 8.61. The summed E-state index contributed by atoms with van der Waals surface area (Å²) in [6, 6.07) is 0.730. The van der Waals surface area contributed by atoms with Gasteiger partial charge in [-0.2, -0.15) is 0 Å². The summed E-state index contributed by atoms with van der Waals surface area (Å²) >= 11 is 0. The zero-order valence-electron chi connectivity index (χ0n) is 13.5. The van der Waals surface area contributed by atoms with Crippen LogP contribution in [0.2, 0.25) is 0 Å². The number of nitrogens with zero attached hydrogens (tertiary/aromatic N) is 1. The number of hydrogen-bond donors (Lipinski definition) is 1. The molecule has 0 unspecified atom stereocenters. The molecule has 0 aromatic rings. The van der Waals surface area contributed by atoms with Gasteiger partial charge in [-0.25, -0.2) is 0 Å². The molecule has 1 heterocycles. The standard InChI is InChI=1S/C18H34N2/c1-3-5-6-7-8-9-10-11-14-19-18-12-16-20(15-4-2)17-13-18/h2,18-19H,3,5-17H2,1H3. The Balaban J connectivity index is 1.84. The summed E-state index contributed by atoms with van der Waals surface area (Å²) in [7, 11) is 0. The number of piperidine rings is 1. The van der Waals surface area contributed by atoms with E-state index in [1.165, 1.54) is 83.8 Å². The van der Waals surface area contributed by atoms with Gasteiger partial charge < -0.3 is 5.32 Å². The Morgan fingerprint density at radius 2 is 1.60 bits per heavy atom. The van der Waals surface area contributed by atoms with Crippen molar-refractivity contribution in [3.05, 3.63) is 0 Å². The molecule has 1 saturated heterocycles. The molecule has 0 spiro atoms. The first-order valence-corrected chi connectivity index (χ1v) is 8.76. The average Bonchev–Trinajstić information content (AvgIpc) is 2.47. The van der Waals surface area contributed by atoms with Crippen LogP contribution in [0.1, 0.15) is 71.1 Å². The summed E-state index contributed by atoms with van der Waals surface area (Å²) in [6.45, 7) is 6.64. The van der Waals surface area contributed by atoms with Crippen molar-refractivity contribution in [3.63, 3.8) is 0 Å². The summed E-state index contributed by atoms with van der Waals surface area (Å²) in [5.41, 5.74) is 0. The first-order chi connectivity index (χ1) is 9.86. The highest BCUT2D eigenvalue weighted by Gasteiger charge is 2.17. The molecule has 20 heavy (non-hydrogen) atoms. The molecule has 1 fully saturated rings. The lowest BCUT2D eigenvalue weighted by molar-refractivity contribution is 0.218. The van der Waals surface area contributed by atoms with Crippen molar-refractivity contribution in [3.8, 4) is 12.3 Å². The normalized spacial score (nSPS) is 17.2. The van der Waals surface area contributed by atoms with Crippen molar-refractivity contribution >= 4 is 0 Å². The van der Waals surface area contributed by atoms with Crippen LogP contribution in [0.15, 0.2) is 0 Å². The van der Waals surface area contributed by atoms with Crippen LogP contribution in [0.4, 0.5) is 0 Å². The van der Waals surface area contributed by atoms with Crippen LogP contribution >= 0.6 is 0 Å². The molecule has 0 radical (unpaired) electrons. The largest absolute Gasteiger partial charge is 0.314 e. The number of likely N-dealkylation sites (tertiary alicyclic amines) is 1. The zero-order valence-corrected chi connectivity index (χ0v) is 13.5. The third-order valence-electron chi connectivity index (χ3n) is 4.37. The number of nitrogens with one attached hydrogen (secondary N) is 1. The molecular weight excluding hydrogens is 244 g/mol. The van der Waals surface area contributed by atoms with Crippen molar-refractivity contribution < 1.29 is 0 Å². The Labute approximate surface area is 126 Å². The van der Waals surface area contributed by atoms with Gasteiger partial charge in [-0.05, 0) is 25.8 Å². The molecule has 0 aromatic heterocycles. The van der Waals surface area contributed by atoms with Gasteiger partial charge in [0.05, 0.1) is 6.54 Å². The average molecular weight is 278 g/mol. The monoisotopic (exact) mass is 278 g/mol. The van der Waals surface area contributed by atoms with E-state index in [0.717, 1.165) is 12.6 Å². The SMILES string of the molecule is C#CCN1CCC(NCCCCCCCCCC)CC1. The second-order valence-electron chi connectivity index (χ2n) is 6.18. The van der Waals surface area contributed by atoms with Crippen molar-refractivity contribution in [2.45, 2.75) is 77.2 Å². The minimum absolute atomic E-state index is 0.730. The third-order valence-corrected chi connectivity index (χ3v) is 4.37. The van der Waals surface area contributed by atoms with E-state index < -0.39 is 0 Å². The van der Waals surface area contributed by atoms with E-state index in [2.05, 4.69) is 23.1 Å². The minimum atomic E-state index is 0.730. The highest BCUT2D eigenvalue weighted by Crippen LogP contribution is 2.11. The van der Waals surface area contributed by atoms with Crippen molar-refractivity contribution in [1.29, 1.82) is 0 Å². The van der Waals surface area contributed by atoms with Gasteiger partial charge in [0.25, 0.3) is 0 Å². The van der Waals surface area contributed by atoms with Gasteiger partial charge in [0, 0.05) is 19.1 Å². The fourth-order valence-electron chi connectivity index (χ4n) is 2.99. The molecule has 0 aliphatic carbocycles. The maximum absolute atomic E-state index is 5.35. The number of terminal acetylenes is 1. The molecule has 1 N–H and O–H groups in total. The lowest BCUT2D eigenvalue weighted by Gasteiger charge is -2.31. The Morgan fingerprint density at radius 3 is 2.20 bits per heavy atom. The topological polar surface area (TPSA) is 15.3 Å². The second kappa shape index (κ2) is 12.2. The molecule has 2 heteroatoms. The van der Waals surface area contributed by atoms with Crippen LogP contribution in [0.25, 0.3) is 0 Å². The number of hydrogen-bond acceptors (Lipinski definition) is 2. The van der Waals surface area contributed by atoms with Gasteiger partial charge in [-0.3, -0.25) is 4.90 Å². The van der Waals surface area contributed by atoms with Crippen LogP contribution in [0, 0.1) is 12.3 Å². The Morgan fingerprint density at radius 1 is 1.00 bits per heavy atom. The zero-order chi connectivity index (χ0) is 14.5. The van der Waals surface area contributed by atoms with Gasteiger partial charge in [0.15, 0.2) is 0 Å². The van der Waals surface area contributed by atoms with Crippen LogP contribution in [-0.2, 0) is 0 Å². The van der Waals surface area contributed by atoms with Crippen LogP contribution in [0.3, 0.4) is 0 Å². The maximum Gasteiger partial charge on any atom is 0.0598 e. The van der Waals surface area contributed by atoms with Crippen LogP contribution in [-0.4, -0.2) is 37.1 Å². The Bertz CT molecular complexity index is 249. The first-order valence-electron chi connectivity index (χ1n) is 8.76. The van der Waals surface area contributed by atoms with E-state index in [0.29, 0.717) is 0 Å². The Hall–Kier alpha value is -0.520. The predicted molar refractivity (Wildman–Crippen MR) is 88.9 cm³/mol. The van der Waals surface area contributed by atoms with Gasteiger partial charge in [-0.1, -0.05) is 57.8 Å². The summed E-state index contributed by atoms with van der Waals surface area (Å²) in [5, 5.41) is 3.72. The predicted octanol–water partition coefficient (Wildman–Crippen LogP) is 3.81. The molecular formula is C18H34N2. The molecule has 0 amide bonds.